The minimum Gasteiger partial charge on any atom is -0.0656 e. The summed E-state index contributed by atoms with van der Waals surface area (Å²) in [4.78, 5) is 0. The van der Waals surface area contributed by atoms with Crippen molar-refractivity contribution in [2.24, 2.45) is 0 Å². The molecule has 0 N–H and O–H groups in total. The first-order chi connectivity index (χ1) is 8.05. The molecule has 0 fully saturated rings. The van der Waals surface area contributed by atoms with Gasteiger partial charge in [-0.3, -0.25) is 0 Å². The van der Waals surface area contributed by atoms with E-state index in [2.05, 4.69) is 80.7 Å². The summed E-state index contributed by atoms with van der Waals surface area (Å²) in [6.07, 6.45) is 2.24. The zero-order valence-corrected chi connectivity index (χ0v) is 11.8. The van der Waals surface area contributed by atoms with E-state index in [0.29, 0.717) is 0 Å². The van der Waals surface area contributed by atoms with Gasteiger partial charge in [0.05, 0.1) is 8.07 Å². The molecule has 0 atom stereocenters. The molecule has 0 unspecified atom stereocenters. The SMILES string of the molecule is C[Si](C)(C)c1cccc([CH]c2ccccc2)c1. The third-order valence-electron chi connectivity index (χ3n) is 2.89. The van der Waals surface area contributed by atoms with Gasteiger partial charge in [0.25, 0.3) is 0 Å². The van der Waals surface area contributed by atoms with E-state index < -0.39 is 8.07 Å². The molecule has 0 aliphatic carbocycles. The second-order valence-electron chi connectivity index (χ2n) is 5.43. The van der Waals surface area contributed by atoms with Crippen LogP contribution in [0.15, 0.2) is 54.6 Å². The first-order valence-electron chi connectivity index (χ1n) is 6.06. The van der Waals surface area contributed by atoms with Crippen molar-refractivity contribution in [2.75, 3.05) is 0 Å². The monoisotopic (exact) mass is 239 g/mol. The van der Waals surface area contributed by atoms with Crippen molar-refractivity contribution in [3.63, 3.8) is 0 Å². The van der Waals surface area contributed by atoms with Gasteiger partial charge in [0, 0.05) is 6.42 Å². The van der Waals surface area contributed by atoms with E-state index in [9.17, 15) is 0 Å². The van der Waals surface area contributed by atoms with Gasteiger partial charge in [-0.15, -0.1) is 0 Å². The normalized spacial score (nSPS) is 11.5. The van der Waals surface area contributed by atoms with Gasteiger partial charge in [-0.05, 0) is 11.1 Å². The Balaban J connectivity index is 2.23. The summed E-state index contributed by atoms with van der Waals surface area (Å²) in [6, 6.07) is 19.4. The van der Waals surface area contributed by atoms with Gasteiger partial charge in [-0.1, -0.05) is 79.4 Å². The quantitative estimate of drug-likeness (QED) is 0.714. The van der Waals surface area contributed by atoms with Crippen molar-refractivity contribution in [1.82, 2.24) is 0 Å². The van der Waals surface area contributed by atoms with Gasteiger partial charge in [0.1, 0.15) is 0 Å². The van der Waals surface area contributed by atoms with Crippen molar-refractivity contribution < 1.29 is 0 Å². The van der Waals surface area contributed by atoms with E-state index in [4.69, 9.17) is 0 Å². The van der Waals surface area contributed by atoms with Crippen LogP contribution >= 0.6 is 0 Å². The van der Waals surface area contributed by atoms with E-state index in [1.54, 1.807) is 0 Å². The van der Waals surface area contributed by atoms with Crippen LogP contribution < -0.4 is 5.19 Å². The third kappa shape index (κ3) is 3.30. The molecule has 0 nitrogen and oxygen atoms in total. The average Bonchev–Trinajstić information content (AvgIpc) is 2.29. The molecular weight excluding hydrogens is 220 g/mol. The predicted molar refractivity (Wildman–Crippen MR) is 78.4 cm³/mol. The van der Waals surface area contributed by atoms with Crippen molar-refractivity contribution in [3.05, 3.63) is 72.1 Å². The minimum absolute atomic E-state index is 1.20. The Morgan fingerprint density at radius 3 is 2.06 bits per heavy atom. The summed E-state index contributed by atoms with van der Waals surface area (Å²) >= 11 is 0. The van der Waals surface area contributed by atoms with Crippen LogP contribution in [-0.4, -0.2) is 8.07 Å². The Kier molecular flexibility index (Phi) is 3.48. The highest BCUT2D eigenvalue weighted by Crippen LogP contribution is 2.12. The van der Waals surface area contributed by atoms with Crippen LogP contribution in [0.1, 0.15) is 11.1 Å². The second-order valence-corrected chi connectivity index (χ2v) is 10.5. The highest BCUT2D eigenvalue weighted by atomic mass is 28.3. The van der Waals surface area contributed by atoms with Crippen LogP contribution in [0.2, 0.25) is 19.6 Å². The number of benzene rings is 2. The van der Waals surface area contributed by atoms with E-state index in [-0.39, 0.29) is 0 Å². The molecule has 17 heavy (non-hydrogen) atoms. The molecule has 0 aromatic heterocycles. The Morgan fingerprint density at radius 1 is 0.765 bits per heavy atom. The fourth-order valence-electron chi connectivity index (χ4n) is 1.84. The molecule has 0 amide bonds. The van der Waals surface area contributed by atoms with E-state index in [0.717, 1.165) is 0 Å². The maximum absolute atomic E-state index is 2.38. The first-order valence-corrected chi connectivity index (χ1v) is 9.56. The highest BCUT2D eigenvalue weighted by molar-refractivity contribution is 6.88. The standard InChI is InChI=1S/C16H19Si/c1-17(2,3)16-11-7-10-15(13-16)12-14-8-5-4-6-9-14/h4-13H,1-3H3. The molecule has 87 valence electrons. The average molecular weight is 239 g/mol. The molecule has 0 spiro atoms. The molecule has 2 aromatic carbocycles. The molecule has 0 saturated carbocycles. The Hall–Kier alpha value is -1.34. The fourth-order valence-corrected chi connectivity index (χ4v) is 3.03. The predicted octanol–water partition coefficient (Wildman–Crippen LogP) is 3.83. The van der Waals surface area contributed by atoms with Crippen molar-refractivity contribution in [1.29, 1.82) is 0 Å². The van der Waals surface area contributed by atoms with Crippen LogP contribution in [-0.2, 0) is 0 Å². The lowest BCUT2D eigenvalue weighted by Crippen LogP contribution is -2.37. The van der Waals surface area contributed by atoms with Gasteiger partial charge in [0.15, 0.2) is 0 Å². The Bertz CT molecular complexity index is 480. The second kappa shape index (κ2) is 4.88. The van der Waals surface area contributed by atoms with Crippen LogP contribution in [0.4, 0.5) is 0 Å². The molecule has 0 aliphatic heterocycles. The topological polar surface area (TPSA) is 0 Å². The molecule has 0 saturated heterocycles. The zero-order valence-electron chi connectivity index (χ0n) is 10.8. The highest BCUT2D eigenvalue weighted by Gasteiger charge is 2.16. The van der Waals surface area contributed by atoms with Crippen LogP contribution in [0.3, 0.4) is 0 Å². The van der Waals surface area contributed by atoms with Crippen molar-refractivity contribution in [3.8, 4) is 0 Å². The van der Waals surface area contributed by atoms with Gasteiger partial charge in [0.2, 0.25) is 0 Å². The molecule has 0 heterocycles. The molecule has 1 heteroatoms. The number of hydrogen-bond donors (Lipinski definition) is 0. The van der Waals surface area contributed by atoms with Crippen molar-refractivity contribution in [2.45, 2.75) is 19.6 Å². The molecule has 0 bridgehead atoms. The van der Waals surface area contributed by atoms with Crippen LogP contribution in [0.5, 0.6) is 0 Å². The third-order valence-corrected chi connectivity index (χ3v) is 4.93. The lowest BCUT2D eigenvalue weighted by Gasteiger charge is -2.17. The number of rotatable bonds is 3. The fraction of sp³-hybridized carbons (Fsp3) is 0.188. The molecule has 0 aliphatic rings. The molecule has 1 radical (unpaired) electrons. The lowest BCUT2D eigenvalue weighted by molar-refractivity contribution is 1.44. The summed E-state index contributed by atoms with van der Waals surface area (Å²) < 4.78 is 0. The van der Waals surface area contributed by atoms with Gasteiger partial charge < -0.3 is 0 Å². The maximum atomic E-state index is 2.38. The molecular formula is C16H19Si. The van der Waals surface area contributed by atoms with E-state index >= 15 is 0 Å². The summed E-state index contributed by atoms with van der Waals surface area (Å²) in [5.74, 6) is 0. The summed E-state index contributed by atoms with van der Waals surface area (Å²) in [7, 11) is -1.20. The van der Waals surface area contributed by atoms with Crippen LogP contribution in [0.25, 0.3) is 0 Å². The largest absolute Gasteiger partial charge is 0.0776 e. The summed E-state index contributed by atoms with van der Waals surface area (Å²) in [5.41, 5.74) is 2.57. The molecule has 2 aromatic rings. The lowest BCUT2D eigenvalue weighted by atomic mass is 10.1. The summed E-state index contributed by atoms with van der Waals surface area (Å²) in [5, 5.41) is 1.52. The first kappa shape index (κ1) is 12.1. The van der Waals surface area contributed by atoms with Crippen LogP contribution in [0, 0.1) is 6.42 Å². The van der Waals surface area contributed by atoms with Gasteiger partial charge in [-0.25, -0.2) is 0 Å². The van der Waals surface area contributed by atoms with E-state index in [1.165, 1.54) is 16.3 Å². The minimum atomic E-state index is -1.20. The smallest absolute Gasteiger partial charge is 0.0656 e. The Morgan fingerprint density at radius 2 is 1.41 bits per heavy atom. The number of hydrogen-bond acceptors (Lipinski definition) is 0. The van der Waals surface area contributed by atoms with Gasteiger partial charge >= 0.3 is 0 Å². The van der Waals surface area contributed by atoms with Crippen molar-refractivity contribution >= 4 is 13.3 Å². The van der Waals surface area contributed by atoms with E-state index in [1.807, 2.05) is 0 Å². The van der Waals surface area contributed by atoms with Gasteiger partial charge in [-0.2, -0.15) is 0 Å². The zero-order chi connectivity index (χ0) is 12.3. The maximum Gasteiger partial charge on any atom is 0.0776 e. The summed E-state index contributed by atoms with van der Waals surface area (Å²) in [6.45, 7) is 7.15. The molecule has 2 rings (SSSR count). The Labute approximate surface area is 105 Å².